The third kappa shape index (κ3) is 2.76. The summed E-state index contributed by atoms with van der Waals surface area (Å²) < 4.78 is 0. The van der Waals surface area contributed by atoms with Crippen LogP contribution in [0.4, 0.5) is 5.69 Å². The zero-order valence-electron chi connectivity index (χ0n) is 9.80. The Kier molecular flexibility index (Phi) is 3.99. The van der Waals surface area contributed by atoms with Gasteiger partial charge in [-0.3, -0.25) is 0 Å². The molecule has 1 aromatic carbocycles. The molecule has 0 aliphatic rings. The van der Waals surface area contributed by atoms with Crippen LogP contribution in [0.15, 0.2) is 18.2 Å². The molecule has 1 aromatic rings. The molecule has 0 spiro atoms. The average molecular weight is 191 g/mol. The third-order valence-electron chi connectivity index (χ3n) is 2.62. The number of nitrogens with zero attached hydrogens (tertiary/aromatic N) is 1. The molecule has 0 radical (unpaired) electrons. The Hall–Kier alpha value is -0.980. The van der Waals surface area contributed by atoms with Crippen LogP contribution in [-0.4, -0.2) is 13.6 Å². The molecule has 0 unspecified atom stereocenters. The van der Waals surface area contributed by atoms with Gasteiger partial charge in [-0.05, 0) is 37.5 Å². The smallest absolute Gasteiger partial charge is 0.0395 e. The highest BCUT2D eigenvalue weighted by molar-refractivity contribution is 5.54. The Morgan fingerprint density at radius 1 is 1.21 bits per heavy atom. The van der Waals surface area contributed by atoms with Crippen molar-refractivity contribution in [2.45, 2.75) is 33.6 Å². The van der Waals surface area contributed by atoms with Crippen molar-refractivity contribution in [1.29, 1.82) is 0 Å². The Bertz CT molecular complexity index is 291. The summed E-state index contributed by atoms with van der Waals surface area (Å²) in [4.78, 5) is 2.35. The van der Waals surface area contributed by atoms with Crippen molar-refractivity contribution < 1.29 is 0 Å². The van der Waals surface area contributed by atoms with Crippen LogP contribution < -0.4 is 4.90 Å². The van der Waals surface area contributed by atoms with Crippen LogP contribution in [0.25, 0.3) is 0 Å². The van der Waals surface area contributed by atoms with E-state index >= 15 is 0 Å². The van der Waals surface area contributed by atoms with Crippen molar-refractivity contribution in [2.75, 3.05) is 18.5 Å². The fourth-order valence-corrected chi connectivity index (χ4v) is 1.65. The molecule has 0 aromatic heterocycles. The number of benzene rings is 1. The molecule has 1 rings (SSSR count). The van der Waals surface area contributed by atoms with Gasteiger partial charge < -0.3 is 4.90 Å². The van der Waals surface area contributed by atoms with Crippen LogP contribution >= 0.6 is 0 Å². The summed E-state index contributed by atoms with van der Waals surface area (Å²) in [5.41, 5.74) is 4.08. The lowest BCUT2D eigenvalue weighted by Crippen LogP contribution is -2.19. The summed E-state index contributed by atoms with van der Waals surface area (Å²) in [5, 5.41) is 0. The Morgan fingerprint density at radius 3 is 2.57 bits per heavy atom. The first-order valence-corrected chi connectivity index (χ1v) is 5.43. The summed E-state index contributed by atoms with van der Waals surface area (Å²) in [6, 6.07) is 6.64. The lowest BCUT2D eigenvalue weighted by Gasteiger charge is -2.21. The summed E-state index contributed by atoms with van der Waals surface area (Å²) in [6.07, 6.45) is 2.53. The molecule has 0 saturated carbocycles. The van der Waals surface area contributed by atoms with Crippen LogP contribution in [0.5, 0.6) is 0 Å². The van der Waals surface area contributed by atoms with Crippen LogP contribution in [0.2, 0.25) is 0 Å². The summed E-state index contributed by atoms with van der Waals surface area (Å²) in [5.74, 6) is 0. The number of anilines is 1. The number of hydrogen-bond acceptors (Lipinski definition) is 1. The fraction of sp³-hybridized carbons (Fsp3) is 0.538. The first-order valence-electron chi connectivity index (χ1n) is 5.43. The highest BCUT2D eigenvalue weighted by Gasteiger charge is 2.03. The molecule has 14 heavy (non-hydrogen) atoms. The molecule has 0 fully saturated rings. The fourth-order valence-electron chi connectivity index (χ4n) is 1.65. The molecule has 0 saturated heterocycles. The van der Waals surface area contributed by atoms with Gasteiger partial charge in [0.05, 0.1) is 0 Å². The van der Waals surface area contributed by atoms with Gasteiger partial charge in [-0.15, -0.1) is 0 Å². The van der Waals surface area contributed by atoms with Gasteiger partial charge in [-0.25, -0.2) is 0 Å². The molecular weight excluding hydrogens is 170 g/mol. The van der Waals surface area contributed by atoms with E-state index in [2.05, 4.69) is 50.9 Å². The molecule has 0 heterocycles. The van der Waals surface area contributed by atoms with Gasteiger partial charge in [-0.1, -0.05) is 25.5 Å². The van der Waals surface area contributed by atoms with Crippen LogP contribution in [0, 0.1) is 13.8 Å². The van der Waals surface area contributed by atoms with Gasteiger partial charge in [0.1, 0.15) is 0 Å². The molecule has 1 nitrogen and oxygen atoms in total. The minimum absolute atomic E-state index is 1.15. The van der Waals surface area contributed by atoms with Gasteiger partial charge >= 0.3 is 0 Å². The van der Waals surface area contributed by atoms with E-state index in [1.807, 2.05) is 0 Å². The largest absolute Gasteiger partial charge is 0.374 e. The van der Waals surface area contributed by atoms with E-state index in [9.17, 15) is 0 Å². The van der Waals surface area contributed by atoms with Crippen molar-refractivity contribution in [1.82, 2.24) is 0 Å². The third-order valence-corrected chi connectivity index (χ3v) is 2.62. The molecule has 0 aliphatic heterocycles. The highest BCUT2D eigenvalue weighted by atomic mass is 15.1. The summed E-state index contributed by atoms with van der Waals surface area (Å²) in [7, 11) is 2.18. The quantitative estimate of drug-likeness (QED) is 0.703. The Morgan fingerprint density at radius 2 is 1.93 bits per heavy atom. The van der Waals surface area contributed by atoms with Crippen molar-refractivity contribution in [2.24, 2.45) is 0 Å². The Labute approximate surface area is 87.7 Å². The molecule has 78 valence electrons. The topological polar surface area (TPSA) is 3.24 Å². The number of hydrogen-bond donors (Lipinski definition) is 0. The minimum atomic E-state index is 1.15. The molecule has 1 heteroatoms. The van der Waals surface area contributed by atoms with E-state index in [0.29, 0.717) is 0 Å². The van der Waals surface area contributed by atoms with E-state index in [-0.39, 0.29) is 0 Å². The molecule has 0 N–H and O–H groups in total. The number of aryl methyl sites for hydroxylation is 2. The second-order valence-electron chi connectivity index (χ2n) is 4.07. The van der Waals surface area contributed by atoms with E-state index < -0.39 is 0 Å². The Balaban J connectivity index is 2.77. The molecule has 0 bridgehead atoms. The molecular formula is C13H21N. The van der Waals surface area contributed by atoms with Gasteiger partial charge in [0.2, 0.25) is 0 Å². The lowest BCUT2D eigenvalue weighted by atomic mass is 10.1. The van der Waals surface area contributed by atoms with E-state index in [0.717, 1.165) is 6.54 Å². The first-order chi connectivity index (χ1) is 6.65. The van der Waals surface area contributed by atoms with Gasteiger partial charge in [0.15, 0.2) is 0 Å². The summed E-state index contributed by atoms with van der Waals surface area (Å²) >= 11 is 0. The van der Waals surface area contributed by atoms with Gasteiger partial charge in [0.25, 0.3) is 0 Å². The molecule has 0 atom stereocenters. The minimum Gasteiger partial charge on any atom is -0.374 e. The van der Waals surface area contributed by atoms with E-state index in [1.54, 1.807) is 0 Å². The zero-order valence-corrected chi connectivity index (χ0v) is 9.80. The van der Waals surface area contributed by atoms with Crippen molar-refractivity contribution >= 4 is 5.69 Å². The normalized spacial score (nSPS) is 10.3. The van der Waals surface area contributed by atoms with E-state index in [1.165, 1.54) is 29.7 Å². The van der Waals surface area contributed by atoms with Crippen LogP contribution in [0.1, 0.15) is 30.9 Å². The predicted octanol–water partition coefficient (Wildman–Crippen LogP) is 3.54. The number of rotatable bonds is 4. The predicted molar refractivity (Wildman–Crippen MR) is 64.1 cm³/mol. The van der Waals surface area contributed by atoms with Gasteiger partial charge in [-0.2, -0.15) is 0 Å². The SMILES string of the molecule is CCCCN(C)c1cc(C)ccc1C. The molecule has 0 amide bonds. The second kappa shape index (κ2) is 5.04. The van der Waals surface area contributed by atoms with Crippen molar-refractivity contribution in [3.63, 3.8) is 0 Å². The lowest BCUT2D eigenvalue weighted by molar-refractivity contribution is 0.765. The maximum Gasteiger partial charge on any atom is 0.0395 e. The van der Waals surface area contributed by atoms with Crippen molar-refractivity contribution in [3.8, 4) is 0 Å². The summed E-state index contributed by atoms with van der Waals surface area (Å²) in [6.45, 7) is 7.71. The first kappa shape index (κ1) is 11.1. The second-order valence-corrected chi connectivity index (χ2v) is 4.07. The van der Waals surface area contributed by atoms with Crippen molar-refractivity contribution in [3.05, 3.63) is 29.3 Å². The number of unbranched alkanes of at least 4 members (excludes halogenated alkanes) is 1. The van der Waals surface area contributed by atoms with Crippen LogP contribution in [0.3, 0.4) is 0 Å². The maximum atomic E-state index is 2.35. The molecule has 0 aliphatic carbocycles. The maximum absolute atomic E-state index is 2.35. The standard InChI is InChI=1S/C13H21N/c1-5-6-9-14(4)13-10-11(2)7-8-12(13)3/h7-8,10H,5-6,9H2,1-4H3. The zero-order chi connectivity index (χ0) is 10.6. The monoisotopic (exact) mass is 191 g/mol. The highest BCUT2D eigenvalue weighted by Crippen LogP contribution is 2.20. The van der Waals surface area contributed by atoms with E-state index in [4.69, 9.17) is 0 Å². The van der Waals surface area contributed by atoms with Crippen LogP contribution in [-0.2, 0) is 0 Å². The van der Waals surface area contributed by atoms with Gasteiger partial charge in [0, 0.05) is 19.3 Å². The average Bonchev–Trinajstić information content (AvgIpc) is 2.18.